The molecule has 0 fully saturated rings. The minimum absolute atomic E-state index is 0.0887. The Balaban J connectivity index is 4.28. The van der Waals surface area contributed by atoms with E-state index >= 15 is 0 Å². The first-order chi connectivity index (χ1) is 7.93. The van der Waals surface area contributed by atoms with Crippen LogP contribution in [0.2, 0.25) is 0 Å². The third kappa shape index (κ3) is 8.26. The molecule has 0 aromatic rings. The molecule has 0 rings (SSSR count). The lowest BCUT2D eigenvalue weighted by atomic mass is 10.1. The number of rotatable bonds is 5. The van der Waals surface area contributed by atoms with Crippen molar-refractivity contribution in [2.45, 2.75) is 46.3 Å². The van der Waals surface area contributed by atoms with Gasteiger partial charge in [0.25, 0.3) is 0 Å². The highest BCUT2D eigenvalue weighted by molar-refractivity contribution is 7.88. The van der Waals surface area contributed by atoms with Gasteiger partial charge < -0.3 is 9.84 Å². The monoisotopic (exact) mass is 282 g/mol. The van der Waals surface area contributed by atoms with Gasteiger partial charge in [0.05, 0.1) is 6.10 Å². The molecule has 1 atom stereocenters. The van der Waals surface area contributed by atoms with Crippen LogP contribution in [0, 0.1) is 5.92 Å². The van der Waals surface area contributed by atoms with Crippen LogP contribution in [0.15, 0.2) is 0 Å². The Labute approximate surface area is 108 Å². The van der Waals surface area contributed by atoms with Crippen molar-refractivity contribution in [2.75, 3.05) is 6.54 Å². The zero-order chi connectivity index (χ0) is 14.6. The number of ether oxygens (including phenoxy) is 1. The molecule has 0 heterocycles. The van der Waals surface area contributed by atoms with Crippen molar-refractivity contribution in [2.24, 2.45) is 5.92 Å². The van der Waals surface area contributed by atoms with Gasteiger partial charge in [0, 0.05) is 6.54 Å². The fraction of sp³-hybridized carbons (Fsp3) is 0.900. The van der Waals surface area contributed by atoms with Crippen LogP contribution in [0.5, 0.6) is 0 Å². The van der Waals surface area contributed by atoms with Crippen molar-refractivity contribution >= 4 is 16.3 Å². The van der Waals surface area contributed by atoms with E-state index in [2.05, 4.69) is 4.72 Å². The first-order valence-electron chi connectivity index (χ1n) is 5.61. The van der Waals surface area contributed by atoms with Crippen LogP contribution in [0.4, 0.5) is 4.79 Å². The number of nitrogens with one attached hydrogen (secondary N) is 2. The first kappa shape index (κ1) is 17.1. The maximum absolute atomic E-state index is 11.4. The van der Waals surface area contributed by atoms with Crippen molar-refractivity contribution in [3.8, 4) is 0 Å². The zero-order valence-corrected chi connectivity index (χ0v) is 12.2. The van der Waals surface area contributed by atoms with Crippen LogP contribution in [-0.2, 0) is 14.9 Å². The molecule has 3 N–H and O–H groups in total. The predicted octanol–water partition coefficient (Wildman–Crippen LogP) is 0.362. The molecule has 8 heteroatoms. The van der Waals surface area contributed by atoms with E-state index in [9.17, 15) is 18.3 Å². The minimum Gasteiger partial charge on any atom is -0.443 e. The fourth-order valence-electron chi connectivity index (χ4n) is 0.876. The number of carbonyl (C=O) groups excluding carboxylic acids is 1. The lowest BCUT2D eigenvalue weighted by Crippen LogP contribution is -2.45. The lowest BCUT2D eigenvalue weighted by Gasteiger charge is -2.20. The summed E-state index contributed by atoms with van der Waals surface area (Å²) >= 11 is 0. The van der Waals surface area contributed by atoms with E-state index in [1.807, 2.05) is 0 Å². The maximum atomic E-state index is 11.4. The standard InChI is InChI=1S/C10H22N2O5S/c1-7(2)8(13)6-11-18(15,16)12-9(14)17-10(3,4)5/h7-8,11,13H,6H2,1-5H3,(H,12,14). The summed E-state index contributed by atoms with van der Waals surface area (Å²) in [6.07, 6.45) is -1.88. The molecule has 7 nitrogen and oxygen atoms in total. The van der Waals surface area contributed by atoms with Gasteiger partial charge in [0.15, 0.2) is 0 Å². The van der Waals surface area contributed by atoms with E-state index in [-0.39, 0.29) is 12.5 Å². The second-order valence-electron chi connectivity index (χ2n) is 5.27. The third-order valence-corrected chi connectivity index (χ3v) is 2.85. The lowest BCUT2D eigenvalue weighted by molar-refractivity contribution is 0.0569. The molecule has 0 spiro atoms. The summed E-state index contributed by atoms with van der Waals surface area (Å²) in [6, 6.07) is 0. The molecule has 0 aliphatic rings. The number of aliphatic hydroxyl groups excluding tert-OH is 1. The molecule has 0 saturated carbocycles. The maximum Gasteiger partial charge on any atom is 0.422 e. The molecule has 0 aliphatic heterocycles. The Morgan fingerprint density at radius 3 is 2.22 bits per heavy atom. The molecule has 108 valence electrons. The molecule has 18 heavy (non-hydrogen) atoms. The molecule has 0 bridgehead atoms. The summed E-state index contributed by atoms with van der Waals surface area (Å²) in [5.41, 5.74) is -0.781. The number of hydrogen-bond acceptors (Lipinski definition) is 5. The van der Waals surface area contributed by atoms with E-state index in [0.29, 0.717) is 0 Å². The third-order valence-electron chi connectivity index (χ3n) is 1.87. The van der Waals surface area contributed by atoms with Gasteiger partial charge in [0.1, 0.15) is 5.60 Å². The van der Waals surface area contributed by atoms with Crippen molar-refractivity contribution in [3.05, 3.63) is 0 Å². The Hall–Kier alpha value is -0.860. The van der Waals surface area contributed by atoms with E-state index in [1.54, 1.807) is 39.3 Å². The second-order valence-corrected chi connectivity index (χ2v) is 6.77. The average Bonchev–Trinajstić information content (AvgIpc) is 2.09. The van der Waals surface area contributed by atoms with Crippen LogP contribution < -0.4 is 9.44 Å². The number of hydrogen-bond donors (Lipinski definition) is 3. The van der Waals surface area contributed by atoms with E-state index in [0.717, 1.165) is 0 Å². The fourth-order valence-corrected chi connectivity index (χ4v) is 1.60. The van der Waals surface area contributed by atoms with Gasteiger partial charge >= 0.3 is 16.3 Å². The van der Waals surface area contributed by atoms with Crippen molar-refractivity contribution < 1.29 is 23.1 Å². The van der Waals surface area contributed by atoms with E-state index < -0.39 is 28.0 Å². The smallest absolute Gasteiger partial charge is 0.422 e. The molecule has 0 aliphatic carbocycles. The van der Waals surface area contributed by atoms with Gasteiger partial charge in [-0.3, -0.25) is 0 Å². The largest absolute Gasteiger partial charge is 0.443 e. The highest BCUT2D eigenvalue weighted by Crippen LogP contribution is 2.06. The average molecular weight is 282 g/mol. The van der Waals surface area contributed by atoms with Gasteiger partial charge in [0.2, 0.25) is 0 Å². The zero-order valence-electron chi connectivity index (χ0n) is 11.4. The molecular weight excluding hydrogens is 260 g/mol. The van der Waals surface area contributed by atoms with Gasteiger partial charge in [-0.1, -0.05) is 13.8 Å². The first-order valence-corrected chi connectivity index (χ1v) is 7.10. The highest BCUT2D eigenvalue weighted by Gasteiger charge is 2.22. The van der Waals surface area contributed by atoms with Crippen molar-refractivity contribution in [3.63, 3.8) is 0 Å². The summed E-state index contributed by atoms with van der Waals surface area (Å²) in [6.45, 7) is 8.19. The molecule has 0 aromatic carbocycles. The molecule has 1 amide bonds. The van der Waals surface area contributed by atoms with Crippen LogP contribution >= 0.6 is 0 Å². The summed E-state index contributed by atoms with van der Waals surface area (Å²) in [4.78, 5) is 11.2. The topological polar surface area (TPSA) is 105 Å². The molecular formula is C10H22N2O5S. The Morgan fingerprint density at radius 1 is 1.33 bits per heavy atom. The van der Waals surface area contributed by atoms with Crippen molar-refractivity contribution in [1.82, 2.24) is 9.44 Å². The van der Waals surface area contributed by atoms with Gasteiger partial charge in [-0.2, -0.15) is 13.1 Å². The minimum atomic E-state index is -4.02. The molecule has 0 aromatic heterocycles. The van der Waals surface area contributed by atoms with Crippen LogP contribution in [0.25, 0.3) is 0 Å². The summed E-state index contributed by atoms with van der Waals surface area (Å²) in [5, 5.41) is 9.44. The SMILES string of the molecule is CC(C)C(O)CNS(=O)(=O)NC(=O)OC(C)(C)C. The molecule has 0 radical (unpaired) electrons. The van der Waals surface area contributed by atoms with Crippen molar-refractivity contribution in [1.29, 1.82) is 0 Å². The van der Waals surface area contributed by atoms with Crippen LogP contribution in [0.3, 0.4) is 0 Å². The quantitative estimate of drug-likeness (QED) is 0.675. The number of carbonyl (C=O) groups is 1. The Kier molecular flexibility index (Phi) is 6.05. The number of aliphatic hydroxyl groups is 1. The van der Waals surface area contributed by atoms with E-state index in [1.165, 1.54) is 0 Å². The van der Waals surface area contributed by atoms with Crippen LogP contribution in [0.1, 0.15) is 34.6 Å². The Bertz CT molecular complexity index is 372. The van der Waals surface area contributed by atoms with E-state index in [4.69, 9.17) is 4.74 Å². The predicted molar refractivity (Wildman–Crippen MR) is 67.1 cm³/mol. The number of amides is 1. The highest BCUT2D eigenvalue weighted by atomic mass is 32.2. The van der Waals surface area contributed by atoms with Gasteiger partial charge in [-0.05, 0) is 26.7 Å². The summed E-state index contributed by atoms with van der Waals surface area (Å²) in [7, 11) is -4.02. The molecule has 0 saturated heterocycles. The normalized spacial score (nSPS) is 14.4. The van der Waals surface area contributed by atoms with Gasteiger partial charge in [-0.15, -0.1) is 0 Å². The summed E-state index contributed by atoms with van der Waals surface area (Å²) < 4.78 is 31.4. The molecule has 1 unspecified atom stereocenters. The van der Waals surface area contributed by atoms with Gasteiger partial charge in [-0.25, -0.2) is 9.52 Å². The summed E-state index contributed by atoms with van der Waals surface area (Å²) in [5.74, 6) is -0.0887. The Morgan fingerprint density at radius 2 is 1.83 bits per heavy atom. The van der Waals surface area contributed by atoms with Crippen LogP contribution in [-0.4, -0.2) is 37.9 Å². The second kappa shape index (κ2) is 6.35.